The second-order valence-electron chi connectivity index (χ2n) is 8.70. The van der Waals surface area contributed by atoms with E-state index in [-0.39, 0.29) is 5.41 Å². The van der Waals surface area contributed by atoms with Crippen LogP contribution in [-0.4, -0.2) is 0 Å². The van der Waals surface area contributed by atoms with E-state index in [1.54, 1.807) is 0 Å². The summed E-state index contributed by atoms with van der Waals surface area (Å²) in [5, 5.41) is 1.16. The zero-order chi connectivity index (χ0) is 19.3. The van der Waals surface area contributed by atoms with Crippen molar-refractivity contribution in [3.05, 3.63) is 95.2 Å². The quantitative estimate of drug-likeness (QED) is 0.359. The van der Waals surface area contributed by atoms with E-state index in [1.807, 2.05) is 12.1 Å². The van der Waals surface area contributed by atoms with Crippen molar-refractivity contribution in [1.29, 1.82) is 0 Å². The van der Waals surface area contributed by atoms with Gasteiger partial charge < -0.3 is 4.42 Å². The molecule has 1 heteroatoms. The van der Waals surface area contributed by atoms with E-state index < -0.39 is 0 Å². The molecule has 3 aromatic carbocycles. The van der Waals surface area contributed by atoms with Gasteiger partial charge in [-0.2, -0.15) is 0 Å². The summed E-state index contributed by atoms with van der Waals surface area (Å²) >= 11 is 0. The molecule has 1 nitrogen and oxygen atoms in total. The van der Waals surface area contributed by atoms with Crippen LogP contribution in [0, 0.1) is 0 Å². The Morgan fingerprint density at radius 1 is 0.821 bits per heavy atom. The van der Waals surface area contributed by atoms with E-state index in [0.29, 0.717) is 0 Å². The van der Waals surface area contributed by atoms with Gasteiger partial charge in [-0.1, -0.05) is 81.4 Å². The summed E-state index contributed by atoms with van der Waals surface area (Å²) in [5.74, 6) is 0.978. The Labute approximate surface area is 166 Å². The number of fused-ring (bicyclic) bond motifs is 2. The van der Waals surface area contributed by atoms with Gasteiger partial charge in [0.2, 0.25) is 0 Å². The van der Waals surface area contributed by atoms with Crippen LogP contribution in [-0.2, 0) is 11.8 Å². The van der Waals surface area contributed by atoms with Gasteiger partial charge >= 0.3 is 0 Å². The third-order valence-corrected chi connectivity index (χ3v) is 5.71. The zero-order valence-electron chi connectivity index (χ0n) is 16.6. The predicted molar refractivity (Wildman–Crippen MR) is 118 cm³/mol. The van der Waals surface area contributed by atoms with Crippen LogP contribution in [0.2, 0.25) is 0 Å². The number of hydrogen-bond acceptors (Lipinski definition) is 1. The van der Waals surface area contributed by atoms with Crippen molar-refractivity contribution in [3.63, 3.8) is 0 Å². The van der Waals surface area contributed by atoms with Crippen molar-refractivity contribution in [2.24, 2.45) is 0 Å². The Bertz CT molecular complexity index is 1160. The minimum Gasteiger partial charge on any atom is -0.456 e. The Balaban J connectivity index is 1.51. The molecule has 0 bridgehead atoms. The fraction of sp³-hybridized carbons (Fsp3) is 0.185. The highest BCUT2D eigenvalue weighted by Gasteiger charge is 2.21. The lowest BCUT2D eigenvalue weighted by molar-refractivity contribution is 0.590. The molecule has 0 unspecified atom stereocenters. The molecular formula is C27H24O. The number of para-hydroxylation sites is 1. The van der Waals surface area contributed by atoms with Crippen LogP contribution in [0.3, 0.4) is 0 Å². The number of furan rings is 1. The molecule has 28 heavy (non-hydrogen) atoms. The molecule has 0 fully saturated rings. The summed E-state index contributed by atoms with van der Waals surface area (Å²) in [4.78, 5) is 0. The maximum Gasteiger partial charge on any atom is 0.134 e. The van der Waals surface area contributed by atoms with E-state index >= 15 is 0 Å². The second kappa shape index (κ2) is 6.24. The largest absolute Gasteiger partial charge is 0.456 e. The van der Waals surface area contributed by atoms with Gasteiger partial charge in [0.05, 0.1) is 0 Å². The summed E-state index contributed by atoms with van der Waals surface area (Å²) in [7, 11) is 0. The summed E-state index contributed by atoms with van der Waals surface area (Å²) < 4.78 is 6.11. The first kappa shape index (κ1) is 17.1. The molecule has 1 heterocycles. The third kappa shape index (κ3) is 2.88. The fourth-order valence-electron chi connectivity index (χ4n) is 4.09. The van der Waals surface area contributed by atoms with Crippen molar-refractivity contribution < 1.29 is 4.42 Å². The number of rotatable bonds is 2. The molecule has 5 rings (SSSR count). The van der Waals surface area contributed by atoms with Gasteiger partial charge in [-0.05, 0) is 57.0 Å². The van der Waals surface area contributed by atoms with E-state index in [1.165, 1.54) is 33.4 Å². The maximum absolute atomic E-state index is 6.11. The molecule has 1 aliphatic rings. The average molecular weight is 364 g/mol. The normalized spacial score (nSPS) is 13.6. The van der Waals surface area contributed by atoms with E-state index in [2.05, 4.69) is 87.5 Å². The molecule has 0 atom stereocenters. The van der Waals surface area contributed by atoms with Gasteiger partial charge in [0.25, 0.3) is 0 Å². The van der Waals surface area contributed by atoms with Crippen LogP contribution >= 0.6 is 0 Å². The SMILES string of the molecule is CC(C)(C)c1ccc(-c2cccc3c2CC(c2cc4ccccc4o2)=C3)cc1. The lowest BCUT2D eigenvalue weighted by atomic mass is 9.85. The molecule has 0 amide bonds. The fourth-order valence-corrected chi connectivity index (χ4v) is 4.09. The molecule has 0 spiro atoms. The predicted octanol–water partition coefficient (Wildman–Crippen LogP) is 7.49. The lowest BCUT2D eigenvalue weighted by Gasteiger charge is -2.19. The standard InChI is InChI=1S/C27H24O/c1-27(2,3)22-13-11-18(12-14-22)23-9-6-8-19-15-21(16-24(19)23)26-17-20-7-4-5-10-25(20)28-26/h4-15,17H,16H2,1-3H3. The number of hydrogen-bond donors (Lipinski definition) is 0. The molecule has 0 saturated carbocycles. The zero-order valence-corrected chi connectivity index (χ0v) is 16.6. The number of benzene rings is 3. The van der Waals surface area contributed by atoms with E-state index in [0.717, 1.165) is 23.2 Å². The molecule has 0 aliphatic heterocycles. The third-order valence-electron chi connectivity index (χ3n) is 5.71. The maximum atomic E-state index is 6.11. The first-order chi connectivity index (χ1) is 13.5. The van der Waals surface area contributed by atoms with Gasteiger partial charge in [0.1, 0.15) is 11.3 Å². The molecule has 0 saturated heterocycles. The second-order valence-corrected chi connectivity index (χ2v) is 8.70. The highest BCUT2D eigenvalue weighted by molar-refractivity contribution is 5.93. The minimum atomic E-state index is 0.174. The van der Waals surface area contributed by atoms with Crippen molar-refractivity contribution in [3.8, 4) is 11.1 Å². The summed E-state index contributed by atoms with van der Waals surface area (Å²) in [6, 6.07) is 26.0. The van der Waals surface area contributed by atoms with E-state index in [4.69, 9.17) is 4.42 Å². The highest BCUT2D eigenvalue weighted by atomic mass is 16.3. The Morgan fingerprint density at radius 2 is 1.61 bits per heavy atom. The smallest absolute Gasteiger partial charge is 0.134 e. The summed E-state index contributed by atoms with van der Waals surface area (Å²) in [6.45, 7) is 6.77. The first-order valence-corrected chi connectivity index (χ1v) is 9.91. The van der Waals surface area contributed by atoms with Crippen LogP contribution in [0.5, 0.6) is 0 Å². The Kier molecular flexibility index (Phi) is 3.80. The molecule has 1 aromatic heterocycles. The average Bonchev–Trinajstić information content (AvgIpc) is 3.31. The summed E-state index contributed by atoms with van der Waals surface area (Å²) in [5.41, 5.74) is 9.04. The topological polar surface area (TPSA) is 13.1 Å². The molecular weight excluding hydrogens is 340 g/mol. The van der Waals surface area contributed by atoms with Crippen molar-refractivity contribution in [2.75, 3.05) is 0 Å². The summed E-state index contributed by atoms with van der Waals surface area (Å²) in [6.07, 6.45) is 3.19. The minimum absolute atomic E-state index is 0.174. The van der Waals surface area contributed by atoms with Crippen molar-refractivity contribution in [2.45, 2.75) is 32.6 Å². The lowest BCUT2D eigenvalue weighted by Crippen LogP contribution is -2.10. The van der Waals surface area contributed by atoms with Crippen LogP contribution in [0.15, 0.2) is 77.2 Å². The van der Waals surface area contributed by atoms with Crippen molar-refractivity contribution >= 4 is 22.6 Å². The van der Waals surface area contributed by atoms with Crippen LogP contribution in [0.4, 0.5) is 0 Å². The Hall–Kier alpha value is -3.06. The Morgan fingerprint density at radius 3 is 2.36 bits per heavy atom. The molecule has 0 N–H and O–H groups in total. The first-order valence-electron chi connectivity index (χ1n) is 9.91. The molecule has 4 aromatic rings. The molecule has 1 aliphatic carbocycles. The van der Waals surface area contributed by atoms with Gasteiger partial charge in [0, 0.05) is 11.8 Å². The van der Waals surface area contributed by atoms with Crippen LogP contribution in [0.25, 0.3) is 33.7 Å². The monoisotopic (exact) mass is 364 g/mol. The molecule has 138 valence electrons. The van der Waals surface area contributed by atoms with Gasteiger partial charge in [-0.15, -0.1) is 0 Å². The highest BCUT2D eigenvalue weighted by Crippen LogP contribution is 2.39. The van der Waals surface area contributed by atoms with Crippen LogP contribution < -0.4 is 0 Å². The van der Waals surface area contributed by atoms with Crippen LogP contribution in [0.1, 0.15) is 43.2 Å². The number of allylic oxidation sites excluding steroid dienone is 1. The van der Waals surface area contributed by atoms with Crippen molar-refractivity contribution in [1.82, 2.24) is 0 Å². The van der Waals surface area contributed by atoms with Gasteiger partial charge in [-0.3, -0.25) is 0 Å². The molecule has 0 radical (unpaired) electrons. The van der Waals surface area contributed by atoms with Gasteiger partial charge in [0.15, 0.2) is 0 Å². The van der Waals surface area contributed by atoms with E-state index in [9.17, 15) is 0 Å². The van der Waals surface area contributed by atoms with Gasteiger partial charge in [-0.25, -0.2) is 0 Å².